The van der Waals surface area contributed by atoms with Crippen LogP contribution in [0.2, 0.25) is 5.15 Å². The third-order valence-electron chi connectivity index (χ3n) is 1.25. The van der Waals surface area contributed by atoms with Crippen molar-refractivity contribution in [2.45, 2.75) is 6.92 Å². The minimum atomic E-state index is -1.06. The van der Waals surface area contributed by atoms with Crippen LogP contribution < -0.4 is 0 Å². The maximum Gasteiger partial charge on any atom is 0.354 e. The van der Waals surface area contributed by atoms with Gasteiger partial charge in [-0.15, -0.1) is 0 Å². The van der Waals surface area contributed by atoms with Gasteiger partial charge < -0.3 is 5.11 Å². The molecule has 0 aliphatic rings. The van der Waals surface area contributed by atoms with Gasteiger partial charge in [-0.2, -0.15) is 0 Å². The van der Waals surface area contributed by atoms with Crippen molar-refractivity contribution in [3.63, 3.8) is 0 Å². The summed E-state index contributed by atoms with van der Waals surface area (Å²) in [5, 5.41) is 8.72. The summed E-state index contributed by atoms with van der Waals surface area (Å²) in [5.41, 5.74) is 0.747. The molecule has 0 bridgehead atoms. The van der Waals surface area contributed by atoms with Crippen LogP contribution in [-0.2, 0) is 0 Å². The summed E-state index contributed by atoms with van der Waals surface area (Å²) in [7, 11) is 0. The number of hydrogen-bond donors (Lipinski definition) is 1. The predicted molar refractivity (Wildman–Crippen MR) is 40.9 cm³/mol. The van der Waals surface area contributed by atoms with Crippen molar-refractivity contribution in [2.24, 2.45) is 0 Å². The number of hydrogen-bond acceptors (Lipinski definition) is 2. The lowest BCUT2D eigenvalue weighted by Gasteiger charge is -1.96. The molecule has 58 valence electrons. The standard InChI is InChI=1S/C7H6ClNO2/c1-4-2-3-5(7(10)11)9-6(4)8/h2-3H,1H3,(H,10,11). The van der Waals surface area contributed by atoms with E-state index in [1.165, 1.54) is 6.07 Å². The lowest BCUT2D eigenvalue weighted by atomic mass is 10.3. The summed E-state index contributed by atoms with van der Waals surface area (Å²) < 4.78 is 0. The SMILES string of the molecule is Cc1ccc(C(=O)O)nc1Cl. The third-order valence-corrected chi connectivity index (χ3v) is 1.64. The van der Waals surface area contributed by atoms with Crippen LogP contribution in [0.4, 0.5) is 0 Å². The number of nitrogens with zero attached hydrogens (tertiary/aromatic N) is 1. The van der Waals surface area contributed by atoms with E-state index in [0.29, 0.717) is 0 Å². The third kappa shape index (κ3) is 1.68. The van der Waals surface area contributed by atoms with E-state index in [2.05, 4.69) is 4.98 Å². The van der Waals surface area contributed by atoms with E-state index in [1.807, 2.05) is 0 Å². The van der Waals surface area contributed by atoms with Crippen molar-refractivity contribution >= 4 is 17.6 Å². The van der Waals surface area contributed by atoms with Crippen LogP contribution in [0.15, 0.2) is 12.1 Å². The zero-order valence-electron chi connectivity index (χ0n) is 5.84. The van der Waals surface area contributed by atoms with E-state index in [9.17, 15) is 4.79 Å². The van der Waals surface area contributed by atoms with Gasteiger partial charge in [0, 0.05) is 0 Å². The Kier molecular flexibility index (Phi) is 2.10. The molecule has 1 N–H and O–H groups in total. The maximum absolute atomic E-state index is 10.3. The number of carboxylic acids is 1. The largest absolute Gasteiger partial charge is 0.477 e. The van der Waals surface area contributed by atoms with Gasteiger partial charge in [0.05, 0.1) is 0 Å². The molecule has 0 spiro atoms. The van der Waals surface area contributed by atoms with Gasteiger partial charge in [0.15, 0.2) is 0 Å². The van der Waals surface area contributed by atoms with E-state index < -0.39 is 5.97 Å². The van der Waals surface area contributed by atoms with Crippen LogP contribution in [0.3, 0.4) is 0 Å². The maximum atomic E-state index is 10.3. The lowest BCUT2D eigenvalue weighted by molar-refractivity contribution is 0.0690. The van der Waals surface area contributed by atoms with Crippen LogP contribution in [0, 0.1) is 6.92 Å². The molecule has 0 aliphatic heterocycles. The molecule has 0 saturated heterocycles. The van der Waals surface area contributed by atoms with Crippen LogP contribution in [0.1, 0.15) is 16.1 Å². The van der Waals surface area contributed by atoms with Gasteiger partial charge >= 0.3 is 5.97 Å². The van der Waals surface area contributed by atoms with Crippen molar-refractivity contribution in [1.29, 1.82) is 0 Å². The molecular formula is C7H6ClNO2. The molecule has 11 heavy (non-hydrogen) atoms. The highest BCUT2D eigenvalue weighted by atomic mass is 35.5. The first kappa shape index (κ1) is 8.01. The smallest absolute Gasteiger partial charge is 0.354 e. The Hall–Kier alpha value is -1.09. The second-order valence-electron chi connectivity index (χ2n) is 2.11. The highest BCUT2D eigenvalue weighted by molar-refractivity contribution is 6.30. The van der Waals surface area contributed by atoms with Gasteiger partial charge in [0.25, 0.3) is 0 Å². The van der Waals surface area contributed by atoms with E-state index >= 15 is 0 Å². The van der Waals surface area contributed by atoms with E-state index in [-0.39, 0.29) is 10.8 Å². The van der Waals surface area contributed by atoms with Crippen LogP contribution in [0.25, 0.3) is 0 Å². The Balaban J connectivity index is 3.15. The minimum absolute atomic E-state index is 0.0272. The summed E-state index contributed by atoms with van der Waals surface area (Å²) in [5.74, 6) is -1.06. The summed E-state index contributed by atoms with van der Waals surface area (Å²) in [4.78, 5) is 14.0. The number of rotatable bonds is 1. The fraction of sp³-hybridized carbons (Fsp3) is 0.143. The normalized spacial score (nSPS) is 9.64. The van der Waals surface area contributed by atoms with Crippen molar-refractivity contribution in [3.05, 3.63) is 28.5 Å². The Bertz CT molecular complexity index is 298. The Labute approximate surface area is 68.6 Å². The van der Waals surface area contributed by atoms with Crippen molar-refractivity contribution in [3.8, 4) is 0 Å². The van der Waals surface area contributed by atoms with E-state index in [0.717, 1.165) is 5.56 Å². The first-order chi connectivity index (χ1) is 5.11. The first-order valence-electron chi connectivity index (χ1n) is 2.97. The average Bonchev–Trinajstić information content (AvgIpc) is 1.94. The Morgan fingerprint density at radius 2 is 2.27 bits per heavy atom. The number of carboxylic acid groups (broad SMARTS) is 1. The number of halogens is 1. The van der Waals surface area contributed by atoms with Gasteiger partial charge in [-0.05, 0) is 18.6 Å². The molecule has 0 fully saturated rings. The monoisotopic (exact) mass is 171 g/mol. The van der Waals surface area contributed by atoms with Gasteiger partial charge in [0.1, 0.15) is 10.8 Å². The molecule has 0 unspecified atom stereocenters. The minimum Gasteiger partial charge on any atom is -0.477 e. The van der Waals surface area contributed by atoms with Crippen molar-refractivity contribution in [2.75, 3.05) is 0 Å². The topological polar surface area (TPSA) is 50.2 Å². The number of pyridine rings is 1. The van der Waals surface area contributed by atoms with Crippen molar-refractivity contribution < 1.29 is 9.90 Å². The van der Waals surface area contributed by atoms with Crippen LogP contribution in [-0.4, -0.2) is 16.1 Å². The second-order valence-corrected chi connectivity index (χ2v) is 2.47. The molecule has 4 heteroatoms. The fourth-order valence-electron chi connectivity index (χ4n) is 0.623. The zero-order chi connectivity index (χ0) is 8.43. The Morgan fingerprint density at radius 1 is 1.64 bits per heavy atom. The molecular weight excluding hydrogens is 166 g/mol. The van der Waals surface area contributed by atoms with Crippen molar-refractivity contribution in [1.82, 2.24) is 4.98 Å². The molecule has 1 heterocycles. The fourth-order valence-corrected chi connectivity index (χ4v) is 0.777. The molecule has 1 aromatic rings. The molecule has 0 amide bonds. The van der Waals surface area contributed by atoms with Gasteiger partial charge in [-0.1, -0.05) is 17.7 Å². The summed E-state index contributed by atoms with van der Waals surface area (Å²) >= 11 is 5.58. The first-order valence-corrected chi connectivity index (χ1v) is 3.35. The molecule has 0 radical (unpaired) electrons. The summed E-state index contributed by atoms with van der Waals surface area (Å²) in [6.45, 7) is 1.76. The Morgan fingerprint density at radius 3 is 2.73 bits per heavy atom. The molecule has 0 aromatic carbocycles. The number of carbonyl (C=O) groups is 1. The van der Waals surface area contributed by atoms with E-state index in [1.54, 1.807) is 13.0 Å². The zero-order valence-corrected chi connectivity index (χ0v) is 6.59. The number of aryl methyl sites for hydroxylation is 1. The molecule has 0 aliphatic carbocycles. The molecule has 1 aromatic heterocycles. The average molecular weight is 172 g/mol. The molecule has 1 rings (SSSR count). The van der Waals surface area contributed by atoms with Gasteiger partial charge in [-0.3, -0.25) is 0 Å². The van der Waals surface area contributed by atoms with Gasteiger partial charge in [-0.25, -0.2) is 9.78 Å². The quantitative estimate of drug-likeness (QED) is 0.655. The molecule has 3 nitrogen and oxygen atoms in total. The number of aromatic carboxylic acids is 1. The number of aromatic nitrogens is 1. The van der Waals surface area contributed by atoms with E-state index in [4.69, 9.17) is 16.7 Å². The second kappa shape index (κ2) is 2.88. The summed E-state index contributed by atoms with van der Waals surface area (Å²) in [6, 6.07) is 3.04. The molecule has 0 saturated carbocycles. The summed E-state index contributed by atoms with van der Waals surface area (Å²) in [6.07, 6.45) is 0. The van der Waals surface area contributed by atoms with Crippen LogP contribution in [0.5, 0.6) is 0 Å². The van der Waals surface area contributed by atoms with Crippen LogP contribution >= 0.6 is 11.6 Å². The molecule has 0 atom stereocenters. The predicted octanol–water partition coefficient (Wildman–Crippen LogP) is 1.74. The highest BCUT2D eigenvalue weighted by Crippen LogP contribution is 2.11. The van der Waals surface area contributed by atoms with Gasteiger partial charge in [0.2, 0.25) is 0 Å². The highest BCUT2D eigenvalue weighted by Gasteiger charge is 2.05. The lowest BCUT2D eigenvalue weighted by Crippen LogP contribution is -2.00.